The molecule has 7 nitrogen and oxygen atoms in total. The number of amides is 1. The monoisotopic (exact) mass is 680 g/mol. The van der Waals surface area contributed by atoms with Gasteiger partial charge in [0, 0.05) is 10.6 Å². The van der Waals surface area contributed by atoms with Crippen LogP contribution in [0.4, 0.5) is 10.1 Å². The molecule has 202 valence electrons. The Labute approximate surface area is 249 Å². The van der Waals surface area contributed by atoms with Crippen LogP contribution in [-0.4, -0.2) is 42.2 Å². The molecule has 39 heavy (non-hydrogen) atoms. The summed E-state index contributed by atoms with van der Waals surface area (Å²) in [6.45, 7) is 1.95. The maximum absolute atomic E-state index is 14.1. The van der Waals surface area contributed by atoms with Crippen LogP contribution in [0.5, 0.6) is 11.5 Å². The molecule has 0 radical (unpaired) electrons. The van der Waals surface area contributed by atoms with Crippen LogP contribution < -0.4 is 14.4 Å². The minimum absolute atomic E-state index is 0.0128. The van der Waals surface area contributed by atoms with E-state index in [-0.39, 0.29) is 29.8 Å². The summed E-state index contributed by atoms with van der Waals surface area (Å²) in [4.78, 5) is 28.5. The van der Waals surface area contributed by atoms with E-state index in [0.29, 0.717) is 43.5 Å². The Hall–Kier alpha value is -3.22. The Morgan fingerprint density at radius 3 is 2.51 bits per heavy atom. The van der Waals surface area contributed by atoms with Crippen LogP contribution in [0.25, 0.3) is 6.08 Å². The molecule has 1 heterocycles. The number of anilines is 1. The SMILES string of the molecule is CCOc1cc(/C=C2/C(=O)N(c3ccc(Cl)cc3)C(=S)N2CC(=O)OC)cc(I)c1OCc1ccccc1F. The van der Waals surface area contributed by atoms with Gasteiger partial charge < -0.3 is 19.1 Å². The van der Waals surface area contributed by atoms with Gasteiger partial charge in [-0.1, -0.05) is 29.8 Å². The zero-order valence-electron chi connectivity index (χ0n) is 20.9. The van der Waals surface area contributed by atoms with Gasteiger partial charge in [0.15, 0.2) is 16.6 Å². The van der Waals surface area contributed by atoms with E-state index in [1.165, 1.54) is 23.0 Å². The van der Waals surface area contributed by atoms with Crippen LogP contribution >= 0.6 is 46.4 Å². The highest BCUT2D eigenvalue weighted by Gasteiger charge is 2.40. The number of benzene rings is 3. The van der Waals surface area contributed by atoms with Crippen LogP contribution in [0.1, 0.15) is 18.1 Å². The molecule has 11 heteroatoms. The third-order valence-corrected chi connectivity index (χ3v) is 7.16. The molecule has 0 spiro atoms. The van der Waals surface area contributed by atoms with Gasteiger partial charge in [0.05, 0.1) is 23.0 Å². The van der Waals surface area contributed by atoms with Crippen LogP contribution in [0.15, 0.2) is 66.4 Å². The van der Waals surface area contributed by atoms with Crippen molar-refractivity contribution >= 4 is 75.2 Å². The predicted molar refractivity (Wildman–Crippen MR) is 159 cm³/mol. The summed E-state index contributed by atoms with van der Waals surface area (Å²) in [5, 5.41) is 0.636. The largest absolute Gasteiger partial charge is 0.490 e. The zero-order chi connectivity index (χ0) is 28.1. The Morgan fingerprint density at radius 2 is 1.85 bits per heavy atom. The Bertz CT molecular complexity index is 1450. The fraction of sp³-hybridized carbons (Fsp3) is 0.179. The minimum Gasteiger partial charge on any atom is -0.490 e. The first-order valence-corrected chi connectivity index (χ1v) is 13.6. The number of nitrogens with zero attached hydrogens (tertiary/aromatic N) is 2. The highest BCUT2D eigenvalue weighted by Crippen LogP contribution is 2.37. The highest BCUT2D eigenvalue weighted by molar-refractivity contribution is 14.1. The number of halogens is 3. The van der Waals surface area contributed by atoms with Crippen molar-refractivity contribution in [1.29, 1.82) is 0 Å². The van der Waals surface area contributed by atoms with Crippen molar-refractivity contribution in [1.82, 2.24) is 4.90 Å². The van der Waals surface area contributed by atoms with E-state index in [2.05, 4.69) is 22.6 Å². The molecule has 0 aliphatic carbocycles. The van der Waals surface area contributed by atoms with Gasteiger partial charge in [-0.2, -0.15) is 0 Å². The van der Waals surface area contributed by atoms with Gasteiger partial charge in [-0.15, -0.1) is 0 Å². The Balaban J connectivity index is 1.71. The number of carbonyl (C=O) groups excluding carboxylic acids is 2. The molecule has 0 unspecified atom stereocenters. The molecule has 0 atom stereocenters. The van der Waals surface area contributed by atoms with Crippen molar-refractivity contribution in [3.8, 4) is 11.5 Å². The van der Waals surface area contributed by atoms with Crippen molar-refractivity contribution in [3.05, 3.63) is 91.9 Å². The first-order valence-electron chi connectivity index (χ1n) is 11.8. The summed E-state index contributed by atoms with van der Waals surface area (Å²) in [6.07, 6.45) is 1.62. The van der Waals surface area contributed by atoms with Gasteiger partial charge in [-0.25, -0.2) is 4.39 Å². The number of rotatable bonds is 9. The third-order valence-electron chi connectivity index (χ3n) is 5.70. The molecule has 1 aliphatic rings. The number of thiocarbonyl (C=S) groups is 1. The zero-order valence-corrected chi connectivity index (χ0v) is 24.7. The van der Waals surface area contributed by atoms with Gasteiger partial charge in [-0.05, 0) is 95.8 Å². The molecule has 1 fully saturated rings. The van der Waals surface area contributed by atoms with Gasteiger partial charge in [0.25, 0.3) is 5.91 Å². The Kier molecular flexibility index (Phi) is 9.41. The molecule has 0 N–H and O–H groups in total. The topological polar surface area (TPSA) is 68.3 Å². The standard InChI is InChI=1S/C28H23ClFIN2O5S/c1-3-37-24-14-17(12-22(31)26(24)38-16-18-6-4-5-7-21(18)30)13-23-27(35)33(20-10-8-19(29)9-11-20)28(39)32(23)15-25(34)36-2/h4-14H,3,15-16H2,1-2H3/b23-13-. The van der Waals surface area contributed by atoms with Crippen molar-refractivity contribution < 1.29 is 28.2 Å². The van der Waals surface area contributed by atoms with Crippen molar-refractivity contribution in [2.45, 2.75) is 13.5 Å². The van der Waals surface area contributed by atoms with E-state index in [9.17, 15) is 14.0 Å². The lowest BCUT2D eigenvalue weighted by atomic mass is 10.1. The van der Waals surface area contributed by atoms with Crippen LogP contribution in [-0.2, 0) is 20.9 Å². The van der Waals surface area contributed by atoms with Crippen molar-refractivity contribution in [2.75, 3.05) is 25.2 Å². The molecular weight excluding hydrogens is 658 g/mol. The van der Waals surface area contributed by atoms with E-state index in [0.717, 1.165) is 0 Å². The average molecular weight is 681 g/mol. The second kappa shape index (κ2) is 12.8. The van der Waals surface area contributed by atoms with E-state index >= 15 is 0 Å². The first-order chi connectivity index (χ1) is 18.7. The summed E-state index contributed by atoms with van der Waals surface area (Å²) in [7, 11) is 1.26. The van der Waals surface area contributed by atoms with Gasteiger partial charge in [0.2, 0.25) is 0 Å². The number of hydrogen-bond acceptors (Lipinski definition) is 6. The highest BCUT2D eigenvalue weighted by atomic mass is 127. The number of esters is 1. The molecule has 0 saturated carbocycles. The van der Waals surface area contributed by atoms with E-state index < -0.39 is 11.9 Å². The lowest BCUT2D eigenvalue weighted by molar-refractivity contribution is -0.140. The number of ether oxygens (including phenoxy) is 3. The molecule has 0 aromatic heterocycles. The van der Waals surface area contributed by atoms with Gasteiger partial charge >= 0.3 is 5.97 Å². The number of hydrogen-bond donors (Lipinski definition) is 0. The molecule has 1 amide bonds. The lowest BCUT2D eigenvalue weighted by Crippen LogP contribution is -2.35. The van der Waals surface area contributed by atoms with Crippen LogP contribution in [0.2, 0.25) is 5.02 Å². The van der Waals surface area contributed by atoms with Crippen molar-refractivity contribution in [3.63, 3.8) is 0 Å². The van der Waals surface area contributed by atoms with Crippen LogP contribution in [0, 0.1) is 9.39 Å². The molecule has 1 aliphatic heterocycles. The number of methoxy groups -OCH3 is 1. The van der Waals surface area contributed by atoms with E-state index in [1.54, 1.807) is 60.7 Å². The molecule has 0 bridgehead atoms. The van der Waals surface area contributed by atoms with Crippen LogP contribution in [0.3, 0.4) is 0 Å². The summed E-state index contributed by atoms with van der Waals surface area (Å²) in [5.41, 5.74) is 1.71. The lowest BCUT2D eigenvalue weighted by Gasteiger charge is -2.19. The summed E-state index contributed by atoms with van der Waals surface area (Å²) < 4.78 is 31.4. The fourth-order valence-corrected chi connectivity index (χ4v) is 5.10. The molecule has 3 aromatic rings. The molecule has 1 saturated heterocycles. The summed E-state index contributed by atoms with van der Waals surface area (Å²) in [6, 6.07) is 16.5. The van der Waals surface area contributed by atoms with Gasteiger partial charge in [0.1, 0.15) is 24.7 Å². The van der Waals surface area contributed by atoms with Gasteiger partial charge in [-0.3, -0.25) is 14.5 Å². The predicted octanol–water partition coefficient (Wildman–Crippen LogP) is 6.21. The third kappa shape index (κ3) is 6.51. The normalized spacial score (nSPS) is 14.2. The maximum atomic E-state index is 14.1. The summed E-state index contributed by atoms with van der Waals surface area (Å²) in [5.74, 6) is -0.465. The summed E-state index contributed by atoms with van der Waals surface area (Å²) >= 11 is 13.7. The quantitative estimate of drug-likeness (QED) is 0.115. The van der Waals surface area contributed by atoms with E-state index in [4.69, 9.17) is 38.0 Å². The van der Waals surface area contributed by atoms with E-state index in [1.807, 2.05) is 6.92 Å². The average Bonchev–Trinajstić information content (AvgIpc) is 3.13. The number of carbonyl (C=O) groups is 2. The second-order valence-corrected chi connectivity index (χ2v) is 10.2. The second-order valence-electron chi connectivity index (χ2n) is 8.23. The maximum Gasteiger partial charge on any atom is 0.325 e. The molecular formula is C28H23ClFIN2O5S. The van der Waals surface area contributed by atoms with Crippen molar-refractivity contribution in [2.24, 2.45) is 0 Å². The smallest absolute Gasteiger partial charge is 0.325 e. The Morgan fingerprint density at radius 1 is 1.13 bits per heavy atom. The molecule has 3 aromatic carbocycles. The minimum atomic E-state index is -0.560. The fourth-order valence-electron chi connectivity index (χ4n) is 3.84. The molecule has 4 rings (SSSR count). The first kappa shape index (κ1) is 28.8.